The molecule has 2 aromatic carbocycles. The van der Waals surface area contributed by atoms with Crippen molar-refractivity contribution >= 4 is 21.6 Å². The van der Waals surface area contributed by atoms with Gasteiger partial charge in [0.1, 0.15) is 5.75 Å². The molecule has 2 aromatic rings. The Balaban J connectivity index is 2.10. The molecule has 7 heteroatoms. The summed E-state index contributed by atoms with van der Waals surface area (Å²) in [4.78, 5) is 12.3. The van der Waals surface area contributed by atoms with E-state index in [9.17, 15) is 13.2 Å². The molecule has 25 heavy (non-hydrogen) atoms. The Morgan fingerprint density at radius 3 is 2.52 bits per heavy atom. The summed E-state index contributed by atoms with van der Waals surface area (Å²) in [5.74, 6) is 0.198. The summed E-state index contributed by atoms with van der Waals surface area (Å²) in [5.41, 5.74) is 2.42. The number of ether oxygens (including phenoxy) is 1. The highest BCUT2D eigenvalue weighted by Crippen LogP contribution is 2.17. The summed E-state index contributed by atoms with van der Waals surface area (Å²) in [5, 5.41) is 2.69. The molecule has 0 atom stereocenters. The van der Waals surface area contributed by atoms with Gasteiger partial charge < -0.3 is 10.1 Å². The minimum atomic E-state index is -3.53. The van der Waals surface area contributed by atoms with Crippen molar-refractivity contribution in [2.45, 2.75) is 13.5 Å². The first-order valence-corrected chi connectivity index (χ1v) is 9.57. The van der Waals surface area contributed by atoms with Gasteiger partial charge in [-0.25, -0.2) is 8.42 Å². The van der Waals surface area contributed by atoms with E-state index in [0.717, 1.165) is 21.7 Å². The fourth-order valence-electron chi connectivity index (χ4n) is 2.37. The Kier molecular flexibility index (Phi) is 6.17. The number of nitrogens with one attached hydrogen (secondary N) is 1. The van der Waals surface area contributed by atoms with E-state index < -0.39 is 15.9 Å². The summed E-state index contributed by atoms with van der Waals surface area (Å²) in [6.07, 6.45) is 1.10. The summed E-state index contributed by atoms with van der Waals surface area (Å²) >= 11 is 0. The van der Waals surface area contributed by atoms with Crippen molar-refractivity contribution < 1.29 is 17.9 Å². The molecule has 0 spiro atoms. The molecule has 0 saturated carbocycles. The van der Waals surface area contributed by atoms with Gasteiger partial charge in [0.25, 0.3) is 0 Å². The van der Waals surface area contributed by atoms with Crippen LogP contribution >= 0.6 is 0 Å². The molecule has 0 saturated heterocycles. The fourth-order valence-corrected chi connectivity index (χ4v) is 3.10. The van der Waals surface area contributed by atoms with E-state index in [1.165, 1.54) is 7.11 Å². The molecule has 134 valence electrons. The zero-order valence-corrected chi connectivity index (χ0v) is 15.3. The standard InChI is InChI=1S/C18H22N2O4S/c1-14-6-4-7-15(10-14)12-20(25(3,22)23)13-18(21)19-16-8-5-9-17(11-16)24-2/h4-11H,12-13H2,1-3H3,(H,19,21). The summed E-state index contributed by atoms with van der Waals surface area (Å²) in [7, 11) is -1.99. The molecule has 1 N–H and O–H groups in total. The maximum Gasteiger partial charge on any atom is 0.239 e. The monoisotopic (exact) mass is 362 g/mol. The second-order valence-corrected chi connectivity index (χ2v) is 7.78. The van der Waals surface area contributed by atoms with Crippen LogP contribution in [0.3, 0.4) is 0 Å². The number of methoxy groups -OCH3 is 1. The highest BCUT2D eigenvalue weighted by molar-refractivity contribution is 7.88. The molecule has 0 unspecified atom stereocenters. The zero-order chi connectivity index (χ0) is 18.4. The SMILES string of the molecule is COc1cccc(NC(=O)CN(Cc2cccc(C)c2)S(C)(=O)=O)c1. The minimum Gasteiger partial charge on any atom is -0.497 e. The first-order valence-electron chi connectivity index (χ1n) is 7.72. The van der Waals surface area contributed by atoms with Crippen molar-refractivity contribution in [1.29, 1.82) is 0 Å². The highest BCUT2D eigenvalue weighted by Gasteiger charge is 2.20. The lowest BCUT2D eigenvalue weighted by Gasteiger charge is -2.20. The number of carbonyl (C=O) groups is 1. The van der Waals surface area contributed by atoms with Gasteiger partial charge in [-0.1, -0.05) is 35.9 Å². The van der Waals surface area contributed by atoms with Gasteiger partial charge in [-0.15, -0.1) is 0 Å². The average molecular weight is 362 g/mol. The lowest BCUT2D eigenvalue weighted by atomic mass is 10.1. The van der Waals surface area contributed by atoms with Crippen LogP contribution in [0.2, 0.25) is 0 Å². The van der Waals surface area contributed by atoms with E-state index in [4.69, 9.17) is 4.74 Å². The van der Waals surface area contributed by atoms with Gasteiger partial charge >= 0.3 is 0 Å². The summed E-state index contributed by atoms with van der Waals surface area (Å²) < 4.78 is 30.3. The summed E-state index contributed by atoms with van der Waals surface area (Å²) in [6.45, 7) is 1.82. The Bertz CT molecular complexity index is 850. The first-order chi connectivity index (χ1) is 11.8. The molecule has 0 aromatic heterocycles. The van der Waals surface area contributed by atoms with Crippen molar-refractivity contribution in [3.63, 3.8) is 0 Å². The third-order valence-corrected chi connectivity index (χ3v) is 4.78. The van der Waals surface area contributed by atoms with E-state index in [-0.39, 0.29) is 13.1 Å². The number of rotatable bonds is 7. The minimum absolute atomic E-state index is 0.145. The fraction of sp³-hybridized carbons (Fsp3) is 0.278. The van der Waals surface area contributed by atoms with Gasteiger partial charge in [0.2, 0.25) is 15.9 Å². The van der Waals surface area contributed by atoms with Gasteiger partial charge in [-0.05, 0) is 24.6 Å². The smallest absolute Gasteiger partial charge is 0.239 e. The van der Waals surface area contributed by atoms with Crippen molar-refractivity contribution in [1.82, 2.24) is 4.31 Å². The number of hydrogen-bond donors (Lipinski definition) is 1. The second kappa shape index (κ2) is 8.13. The van der Waals surface area contributed by atoms with Crippen LogP contribution in [0.4, 0.5) is 5.69 Å². The predicted octanol–water partition coefficient (Wildman–Crippen LogP) is 2.40. The zero-order valence-electron chi connectivity index (χ0n) is 14.5. The van der Waals surface area contributed by atoms with E-state index in [1.54, 1.807) is 24.3 Å². The molecule has 0 heterocycles. The topological polar surface area (TPSA) is 75.7 Å². The Hall–Kier alpha value is -2.38. The van der Waals surface area contributed by atoms with Crippen LogP contribution in [0, 0.1) is 6.92 Å². The molecule has 0 radical (unpaired) electrons. The lowest BCUT2D eigenvalue weighted by Crippen LogP contribution is -2.36. The maximum absolute atomic E-state index is 12.3. The third-order valence-electron chi connectivity index (χ3n) is 3.58. The molecular formula is C18H22N2O4S. The van der Waals surface area contributed by atoms with Crippen LogP contribution in [0.15, 0.2) is 48.5 Å². The van der Waals surface area contributed by atoms with Gasteiger partial charge in [0.15, 0.2) is 0 Å². The molecule has 0 aliphatic rings. The van der Waals surface area contributed by atoms with Crippen molar-refractivity contribution in [3.05, 3.63) is 59.7 Å². The Morgan fingerprint density at radius 1 is 1.16 bits per heavy atom. The average Bonchev–Trinajstić information content (AvgIpc) is 2.53. The largest absolute Gasteiger partial charge is 0.497 e. The Labute approximate surface area is 148 Å². The number of amides is 1. The van der Waals surface area contributed by atoms with Gasteiger partial charge in [0.05, 0.1) is 19.9 Å². The van der Waals surface area contributed by atoms with Crippen LogP contribution in [0.5, 0.6) is 5.75 Å². The number of carbonyl (C=O) groups excluding carboxylic acids is 1. The number of anilines is 1. The first kappa shape index (κ1) is 19.0. The molecule has 6 nitrogen and oxygen atoms in total. The van der Waals surface area contributed by atoms with Crippen molar-refractivity contribution in [2.24, 2.45) is 0 Å². The summed E-state index contributed by atoms with van der Waals surface area (Å²) in [6, 6.07) is 14.4. The van der Waals surface area contributed by atoms with Gasteiger partial charge in [0, 0.05) is 18.3 Å². The van der Waals surface area contributed by atoms with Gasteiger partial charge in [-0.2, -0.15) is 4.31 Å². The van der Waals surface area contributed by atoms with E-state index in [0.29, 0.717) is 11.4 Å². The third kappa shape index (κ3) is 5.88. The molecule has 0 aliphatic carbocycles. The number of aryl methyl sites for hydroxylation is 1. The second-order valence-electron chi connectivity index (χ2n) is 5.80. The highest BCUT2D eigenvalue weighted by atomic mass is 32.2. The van der Waals surface area contributed by atoms with Crippen LogP contribution in [-0.2, 0) is 21.4 Å². The number of benzene rings is 2. The predicted molar refractivity (Wildman–Crippen MR) is 98.1 cm³/mol. The number of nitrogens with zero attached hydrogens (tertiary/aromatic N) is 1. The van der Waals surface area contributed by atoms with E-state index in [2.05, 4.69) is 5.32 Å². The molecule has 0 fully saturated rings. The van der Waals surface area contributed by atoms with Crippen LogP contribution in [-0.4, -0.2) is 38.5 Å². The number of sulfonamides is 1. The maximum atomic E-state index is 12.3. The lowest BCUT2D eigenvalue weighted by molar-refractivity contribution is -0.116. The molecule has 0 bridgehead atoms. The molecule has 0 aliphatic heterocycles. The normalized spacial score (nSPS) is 11.4. The van der Waals surface area contributed by atoms with Gasteiger partial charge in [-0.3, -0.25) is 4.79 Å². The van der Waals surface area contributed by atoms with Crippen LogP contribution in [0.25, 0.3) is 0 Å². The quantitative estimate of drug-likeness (QED) is 0.821. The van der Waals surface area contributed by atoms with Crippen molar-refractivity contribution in [2.75, 3.05) is 25.2 Å². The molecular weight excluding hydrogens is 340 g/mol. The van der Waals surface area contributed by atoms with Crippen molar-refractivity contribution in [3.8, 4) is 5.75 Å². The Morgan fingerprint density at radius 2 is 1.88 bits per heavy atom. The molecule has 2 rings (SSSR count). The number of hydrogen-bond acceptors (Lipinski definition) is 4. The molecule has 1 amide bonds. The van der Waals surface area contributed by atoms with E-state index >= 15 is 0 Å². The van der Waals surface area contributed by atoms with Crippen LogP contribution < -0.4 is 10.1 Å². The van der Waals surface area contributed by atoms with E-state index in [1.807, 2.05) is 31.2 Å². The van der Waals surface area contributed by atoms with Crippen LogP contribution in [0.1, 0.15) is 11.1 Å².